The summed E-state index contributed by atoms with van der Waals surface area (Å²) in [6.45, 7) is 9.75. The average molecular weight is 338 g/mol. The molecule has 1 fully saturated rings. The third-order valence-electron chi connectivity index (χ3n) is 4.30. The molecule has 0 aliphatic carbocycles. The van der Waals surface area contributed by atoms with Gasteiger partial charge < -0.3 is 15.5 Å². The minimum absolute atomic E-state index is 0.874. The van der Waals surface area contributed by atoms with Gasteiger partial charge in [0.15, 0.2) is 5.96 Å². The highest BCUT2D eigenvalue weighted by atomic mass is 32.1. The Morgan fingerprint density at radius 3 is 2.61 bits per heavy atom. The van der Waals surface area contributed by atoms with E-state index < -0.39 is 0 Å². The van der Waals surface area contributed by atoms with Crippen molar-refractivity contribution in [1.29, 1.82) is 0 Å². The first-order chi connectivity index (χ1) is 11.2. The van der Waals surface area contributed by atoms with Crippen LogP contribution in [0.5, 0.6) is 0 Å². The van der Waals surface area contributed by atoms with E-state index in [4.69, 9.17) is 0 Å². The second kappa shape index (κ2) is 9.88. The maximum atomic E-state index is 4.69. The number of nitrogens with one attached hydrogen (secondary N) is 2. The molecule has 5 nitrogen and oxygen atoms in total. The van der Waals surface area contributed by atoms with E-state index in [2.05, 4.69) is 39.4 Å². The highest BCUT2D eigenvalue weighted by molar-refractivity contribution is 7.11. The van der Waals surface area contributed by atoms with Gasteiger partial charge >= 0.3 is 0 Å². The minimum Gasteiger partial charge on any atom is -0.356 e. The summed E-state index contributed by atoms with van der Waals surface area (Å²) in [5, 5.41) is 8.02. The number of likely N-dealkylation sites (tertiary alicyclic amines) is 1. The van der Waals surface area contributed by atoms with Crippen LogP contribution in [0.15, 0.2) is 4.99 Å². The van der Waals surface area contributed by atoms with Gasteiger partial charge in [-0.2, -0.15) is 0 Å². The first-order valence-electron chi connectivity index (χ1n) is 8.85. The van der Waals surface area contributed by atoms with Gasteiger partial charge in [0, 0.05) is 38.0 Å². The molecule has 130 valence electrons. The molecule has 0 aromatic carbocycles. The Morgan fingerprint density at radius 1 is 1.22 bits per heavy atom. The number of rotatable bonds is 7. The van der Waals surface area contributed by atoms with Crippen molar-refractivity contribution in [2.45, 2.75) is 46.0 Å². The van der Waals surface area contributed by atoms with Crippen LogP contribution in [0.4, 0.5) is 0 Å². The number of thiazole rings is 1. The number of aliphatic imine (C=N–C) groups is 1. The van der Waals surface area contributed by atoms with Gasteiger partial charge in [0.25, 0.3) is 0 Å². The predicted octanol–water partition coefficient (Wildman–Crippen LogP) is 2.21. The van der Waals surface area contributed by atoms with Crippen LogP contribution in [0.1, 0.15) is 41.8 Å². The lowest BCUT2D eigenvalue weighted by atomic mass is 10.1. The van der Waals surface area contributed by atoms with Crippen LogP contribution < -0.4 is 10.6 Å². The lowest BCUT2D eigenvalue weighted by molar-refractivity contribution is 0.232. The molecule has 0 amide bonds. The molecule has 1 aromatic rings. The monoisotopic (exact) mass is 337 g/mol. The van der Waals surface area contributed by atoms with Crippen LogP contribution in [-0.4, -0.2) is 55.6 Å². The van der Waals surface area contributed by atoms with Crippen LogP contribution in [0.2, 0.25) is 0 Å². The molecule has 0 saturated carbocycles. The molecular weight excluding hydrogens is 306 g/mol. The molecule has 0 bridgehead atoms. The molecule has 2 N–H and O–H groups in total. The number of aromatic nitrogens is 1. The summed E-state index contributed by atoms with van der Waals surface area (Å²) in [4.78, 5) is 12.9. The van der Waals surface area contributed by atoms with Gasteiger partial charge in [0.2, 0.25) is 0 Å². The molecule has 2 heterocycles. The van der Waals surface area contributed by atoms with Gasteiger partial charge in [-0.25, -0.2) is 4.98 Å². The zero-order chi connectivity index (χ0) is 16.5. The summed E-state index contributed by atoms with van der Waals surface area (Å²) in [6, 6.07) is 0. The molecule has 1 aromatic heterocycles. The van der Waals surface area contributed by atoms with Crippen LogP contribution >= 0.6 is 11.3 Å². The molecule has 1 aliphatic rings. The number of guanidine groups is 1. The van der Waals surface area contributed by atoms with Crippen molar-refractivity contribution < 1.29 is 0 Å². The maximum Gasteiger partial charge on any atom is 0.191 e. The van der Waals surface area contributed by atoms with Crippen molar-refractivity contribution in [3.05, 3.63) is 15.6 Å². The van der Waals surface area contributed by atoms with Crippen LogP contribution in [0.3, 0.4) is 0 Å². The number of aryl methyl sites for hydroxylation is 2. The fourth-order valence-electron chi connectivity index (χ4n) is 2.95. The van der Waals surface area contributed by atoms with Crippen molar-refractivity contribution in [1.82, 2.24) is 20.5 Å². The van der Waals surface area contributed by atoms with E-state index in [1.807, 2.05) is 18.4 Å². The lowest BCUT2D eigenvalue weighted by Gasteiger charge is -2.26. The van der Waals surface area contributed by atoms with Crippen LogP contribution in [0.25, 0.3) is 0 Å². The Kier molecular flexibility index (Phi) is 7.82. The molecule has 1 aliphatic heterocycles. The van der Waals surface area contributed by atoms with Gasteiger partial charge in [-0.1, -0.05) is 13.3 Å². The van der Waals surface area contributed by atoms with Gasteiger partial charge in [-0.15, -0.1) is 11.3 Å². The zero-order valence-electron chi connectivity index (χ0n) is 14.8. The van der Waals surface area contributed by atoms with Gasteiger partial charge in [0.05, 0.1) is 10.7 Å². The Bertz CT molecular complexity index is 491. The third-order valence-corrected chi connectivity index (χ3v) is 5.37. The van der Waals surface area contributed by atoms with Crippen molar-refractivity contribution in [3.8, 4) is 0 Å². The first kappa shape index (κ1) is 18.2. The van der Waals surface area contributed by atoms with E-state index in [1.54, 1.807) is 0 Å². The lowest BCUT2D eigenvalue weighted by Crippen LogP contribution is -2.43. The number of hydrogen-bond donors (Lipinski definition) is 2. The maximum absolute atomic E-state index is 4.69. The Hall–Kier alpha value is -1.14. The summed E-state index contributed by atoms with van der Waals surface area (Å²) in [7, 11) is 1.83. The van der Waals surface area contributed by atoms with Gasteiger partial charge in [-0.05, 0) is 39.3 Å². The normalized spacial score (nSPS) is 16.6. The van der Waals surface area contributed by atoms with Crippen LogP contribution in [-0.2, 0) is 12.8 Å². The molecular formula is C17H31N5S. The van der Waals surface area contributed by atoms with E-state index in [0.29, 0.717) is 0 Å². The standard InChI is InChI=1S/C17H31N5S/c1-4-15-14(2)23-16(21-15)8-9-19-17(18-3)20-10-13-22-11-6-5-7-12-22/h4-13H2,1-3H3,(H2,18,19,20). The molecule has 23 heavy (non-hydrogen) atoms. The smallest absolute Gasteiger partial charge is 0.191 e. The third kappa shape index (κ3) is 6.11. The number of piperidine rings is 1. The molecule has 1 saturated heterocycles. The molecule has 0 atom stereocenters. The van der Waals surface area contributed by atoms with E-state index in [9.17, 15) is 0 Å². The zero-order valence-corrected chi connectivity index (χ0v) is 15.6. The summed E-state index contributed by atoms with van der Waals surface area (Å²) in [5.74, 6) is 0.894. The number of nitrogens with zero attached hydrogens (tertiary/aromatic N) is 3. The second-order valence-electron chi connectivity index (χ2n) is 6.04. The summed E-state index contributed by atoms with van der Waals surface area (Å²) < 4.78 is 0. The van der Waals surface area contributed by atoms with E-state index in [0.717, 1.165) is 38.4 Å². The van der Waals surface area contributed by atoms with Gasteiger partial charge in [-0.3, -0.25) is 4.99 Å². The fourth-order valence-corrected chi connectivity index (χ4v) is 3.97. The van der Waals surface area contributed by atoms with Crippen molar-refractivity contribution in [3.63, 3.8) is 0 Å². The summed E-state index contributed by atoms with van der Waals surface area (Å²) in [5.41, 5.74) is 1.24. The SMILES string of the molecule is CCc1nc(CCNC(=NC)NCCN2CCCCC2)sc1C. The largest absolute Gasteiger partial charge is 0.356 e. The molecule has 0 spiro atoms. The highest BCUT2D eigenvalue weighted by Gasteiger charge is 2.09. The Balaban J connectivity index is 1.64. The molecule has 0 unspecified atom stereocenters. The van der Waals surface area contributed by atoms with E-state index in [-0.39, 0.29) is 0 Å². The topological polar surface area (TPSA) is 52.6 Å². The highest BCUT2D eigenvalue weighted by Crippen LogP contribution is 2.17. The van der Waals surface area contributed by atoms with E-state index in [1.165, 1.54) is 47.9 Å². The molecule has 2 rings (SSSR count). The Morgan fingerprint density at radius 2 is 1.96 bits per heavy atom. The second-order valence-corrected chi connectivity index (χ2v) is 7.33. The van der Waals surface area contributed by atoms with E-state index >= 15 is 0 Å². The van der Waals surface area contributed by atoms with Crippen molar-refractivity contribution >= 4 is 17.3 Å². The van der Waals surface area contributed by atoms with Crippen LogP contribution in [0, 0.1) is 6.92 Å². The number of hydrogen-bond acceptors (Lipinski definition) is 4. The quantitative estimate of drug-likeness (QED) is 0.592. The van der Waals surface area contributed by atoms with Crippen molar-refractivity contribution in [2.75, 3.05) is 39.8 Å². The molecule has 6 heteroatoms. The first-order valence-corrected chi connectivity index (χ1v) is 9.66. The predicted molar refractivity (Wildman–Crippen MR) is 99.6 cm³/mol. The summed E-state index contributed by atoms with van der Waals surface area (Å²) in [6.07, 6.45) is 6.07. The summed E-state index contributed by atoms with van der Waals surface area (Å²) >= 11 is 1.82. The molecule has 0 radical (unpaired) electrons. The fraction of sp³-hybridized carbons (Fsp3) is 0.765. The average Bonchev–Trinajstić information content (AvgIpc) is 2.94. The Labute approximate surface area is 144 Å². The van der Waals surface area contributed by atoms with Gasteiger partial charge in [0.1, 0.15) is 0 Å². The minimum atomic E-state index is 0.874. The van der Waals surface area contributed by atoms with Crippen molar-refractivity contribution in [2.24, 2.45) is 4.99 Å².